The monoisotopic (exact) mass is 213 g/mol. The van der Waals surface area contributed by atoms with Gasteiger partial charge in [0.05, 0.1) is 6.54 Å². The molecule has 1 aliphatic carbocycles. The lowest BCUT2D eigenvalue weighted by Gasteiger charge is -2.30. The van der Waals surface area contributed by atoms with Gasteiger partial charge in [0.15, 0.2) is 0 Å². The van der Waals surface area contributed by atoms with E-state index in [-0.39, 0.29) is 12.1 Å². The van der Waals surface area contributed by atoms with Crippen LogP contribution in [-0.4, -0.2) is 25.2 Å². The average molecular weight is 213 g/mol. The highest BCUT2D eigenvalue weighted by Gasteiger charge is 2.26. The van der Waals surface area contributed by atoms with Gasteiger partial charge in [-0.25, -0.2) is 0 Å². The molecule has 1 N–H and O–H groups in total. The second-order valence-corrected chi connectivity index (χ2v) is 4.26. The maximum Gasteiger partial charge on any atom is 0.320 e. The molecule has 0 spiro atoms. The van der Waals surface area contributed by atoms with Crippen LogP contribution in [0.4, 0.5) is 0 Å². The minimum atomic E-state index is -0.0952. The summed E-state index contributed by atoms with van der Waals surface area (Å²) in [6, 6.07) is 0. The van der Waals surface area contributed by atoms with Crippen LogP contribution in [0.1, 0.15) is 46.0 Å². The van der Waals surface area contributed by atoms with E-state index in [9.17, 15) is 4.79 Å². The molecule has 0 aromatic carbocycles. The first-order valence-electron chi connectivity index (χ1n) is 6.18. The van der Waals surface area contributed by atoms with Crippen molar-refractivity contribution in [3.63, 3.8) is 0 Å². The molecule has 15 heavy (non-hydrogen) atoms. The summed E-state index contributed by atoms with van der Waals surface area (Å²) in [5.74, 6) is 0.492. The molecule has 1 fully saturated rings. The van der Waals surface area contributed by atoms with Gasteiger partial charge in [-0.3, -0.25) is 4.79 Å². The minimum Gasteiger partial charge on any atom is -0.461 e. The van der Waals surface area contributed by atoms with Crippen molar-refractivity contribution in [1.82, 2.24) is 5.32 Å². The first kappa shape index (κ1) is 12.5. The fraction of sp³-hybridized carbons (Fsp3) is 0.917. The number of ether oxygens (including phenoxy) is 1. The summed E-state index contributed by atoms with van der Waals surface area (Å²) in [5.41, 5.74) is 0. The first-order valence-corrected chi connectivity index (χ1v) is 6.18. The molecular weight excluding hydrogens is 190 g/mol. The lowest BCUT2D eigenvalue weighted by molar-refractivity contribution is -0.152. The Bertz CT molecular complexity index is 194. The van der Waals surface area contributed by atoms with Gasteiger partial charge in [-0.1, -0.05) is 20.3 Å². The number of carbonyl (C=O) groups excluding carboxylic acids is 1. The summed E-state index contributed by atoms with van der Waals surface area (Å²) in [7, 11) is 0. The SMILES string of the molecule is CCNCC(=O)OC1CCCCC1CC. The molecule has 0 saturated heterocycles. The topological polar surface area (TPSA) is 38.3 Å². The molecule has 1 aliphatic rings. The lowest BCUT2D eigenvalue weighted by atomic mass is 9.85. The van der Waals surface area contributed by atoms with E-state index in [4.69, 9.17) is 4.74 Å². The van der Waals surface area contributed by atoms with Crippen LogP contribution in [0.2, 0.25) is 0 Å². The van der Waals surface area contributed by atoms with Gasteiger partial charge in [-0.2, -0.15) is 0 Å². The smallest absolute Gasteiger partial charge is 0.320 e. The zero-order chi connectivity index (χ0) is 11.1. The number of hydrogen-bond donors (Lipinski definition) is 1. The van der Waals surface area contributed by atoms with Gasteiger partial charge in [0.1, 0.15) is 6.10 Å². The highest BCUT2D eigenvalue weighted by Crippen LogP contribution is 2.29. The van der Waals surface area contributed by atoms with Gasteiger partial charge in [-0.05, 0) is 38.1 Å². The molecule has 0 aromatic heterocycles. The summed E-state index contributed by atoms with van der Waals surface area (Å²) < 4.78 is 5.50. The molecule has 88 valence electrons. The number of nitrogens with one attached hydrogen (secondary N) is 1. The predicted octanol–water partition coefficient (Wildman–Crippen LogP) is 2.11. The van der Waals surface area contributed by atoms with Gasteiger partial charge < -0.3 is 10.1 Å². The molecule has 1 saturated carbocycles. The minimum absolute atomic E-state index is 0.0952. The molecule has 3 heteroatoms. The van der Waals surface area contributed by atoms with Crippen molar-refractivity contribution in [2.45, 2.75) is 52.1 Å². The fourth-order valence-corrected chi connectivity index (χ4v) is 2.23. The Morgan fingerprint density at radius 2 is 2.07 bits per heavy atom. The summed E-state index contributed by atoms with van der Waals surface area (Å²) in [6.45, 7) is 5.34. The maximum atomic E-state index is 11.4. The Balaban J connectivity index is 2.30. The summed E-state index contributed by atoms with van der Waals surface area (Å²) >= 11 is 0. The van der Waals surface area contributed by atoms with E-state index < -0.39 is 0 Å². The molecule has 2 unspecified atom stereocenters. The zero-order valence-electron chi connectivity index (χ0n) is 9.92. The molecule has 1 rings (SSSR count). The average Bonchev–Trinajstić information content (AvgIpc) is 2.27. The van der Waals surface area contributed by atoms with Crippen molar-refractivity contribution in [2.24, 2.45) is 5.92 Å². The van der Waals surface area contributed by atoms with Gasteiger partial charge in [-0.15, -0.1) is 0 Å². The van der Waals surface area contributed by atoms with E-state index in [0.717, 1.165) is 19.4 Å². The fourth-order valence-electron chi connectivity index (χ4n) is 2.23. The highest BCUT2D eigenvalue weighted by molar-refractivity contribution is 5.71. The second kappa shape index (κ2) is 6.83. The third-order valence-electron chi connectivity index (χ3n) is 3.17. The van der Waals surface area contributed by atoms with Crippen LogP contribution in [0, 0.1) is 5.92 Å². The van der Waals surface area contributed by atoms with Crippen LogP contribution in [0.15, 0.2) is 0 Å². The van der Waals surface area contributed by atoms with Gasteiger partial charge >= 0.3 is 5.97 Å². The van der Waals surface area contributed by atoms with Crippen LogP contribution in [-0.2, 0) is 9.53 Å². The van der Waals surface area contributed by atoms with E-state index in [1.54, 1.807) is 0 Å². The Kier molecular flexibility index (Phi) is 5.69. The van der Waals surface area contributed by atoms with Crippen molar-refractivity contribution in [3.8, 4) is 0 Å². The molecule has 0 heterocycles. The molecular formula is C12H23NO2. The Labute approximate surface area is 92.6 Å². The molecule has 3 nitrogen and oxygen atoms in total. The van der Waals surface area contributed by atoms with E-state index in [1.165, 1.54) is 19.3 Å². The van der Waals surface area contributed by atoms with Crippen molar-refractivity contribution in [1.29, 1.82) is 0 Å². The van der Waals surface area contributed by atoms with Crippen molar-refractivity contribution in [2.75, 3.05) is 13.1 Å². The summed E-state index contributed by atoms with van der Waals surface area (Å²) in [5, 5.41) is 3.00. The molecule has 0 radical (unpaired) electrons. The van der Waals surface area contributed by atoms with Gasteiger partial charge in [0.25, 0.3) is 0 Å². The molecule has 0 amide bonds. The number of likely N-dealkylation sites (N-methyl/N-ethyl adjacent to an activating group) is 1. The molecule has 0 aromatic rings. The predicted molar refractivity (Wildman–Crippen MR) is 60.7 cm³/mol. The highest BCUT2D eigenvalue weighted by atomic mass is 16.5. The van der Waals surface area contributed by atoms with Crippen LogP contribution in [0.25, 0.3) is 0 Å². The molecule has 0 aliphatic heterocycles. The first-order chi connectivity index (χ1) is 7.27. The third-order valence-corrected chi connectivity index (χ3v) is 3.17. The van der Waals surface area contributed by atoms with E-state index in [0.29, 0.717) is 12.5 Å². The van der Waals surface area contributed by atoms with Crippen molar-refractivity contribution >= 4 is 5.97 Å². The Morgan fingerprint density at radius 1 is 1.33 bits per heavy atom. The van der Waals surface area contributed by atoms with Gasteiger partial charge in [0.2, 0.25) is 0 Å². The summed E-state index contributed by atoms with van der Waals surface area (Å²) in [6.07, 6.45) is 6.07. The normalized spacial score (nSPS) is 26.3. The third kappa shape index (κ3) is 4.20. The van der Waals surface area contributed by atoms with E-state index >= 15 is 0 Å². The number of carbonyl (C=O) groups is 1. The zero-order valence-corrected chi connectivity index (χ0v) is 9.92. The van der Waals surface area contributed by atoms with Crippen LogP contribution < -0.4 is 5.32 Å². The molecule has 2 atom stereocenters. The number of hydrogen-bond acceptors (Lipinski definition) is 3. The van der Waals surface area contributed by atoms with Crippen LogP contribution >= 0.6 is 0 Å². The van der Waals surface area contributed by atoms with Crippen LogP contribution in [0.3, 0.4) is 0 Å². The van der Waals surface area contributed by atoms with Crippen LogP contribution in [0.5, 0.6) is 0 Å². The number of esters is 1. The Morgan fingerprint density at radius 3 is 2.73 bits per heavy atom. The van der Waals surface area contributed by atoms with E-state index in [1.807, 2.05) is 6.92 Å². The largest absolute Gasteiger partial charge is 0.461 e. The van der Waals surface area contributed by atoms with Crippen molar-refractivity contribution in [3.05, 3.63) is 0 Å². The summed E-state index contributed by atoms with van der Waals surface area (Å²) in [4.78, 5) is 11.4. The van der Waals surface area contributed by atoms with Gasteiger partial charge in [0, 0.05) is 0 Å². The standard InChI is InChI=1S/C12H23NO2/c1-3-10-7-5-6-8-11(10)15-12(14)9-13-4-2/h10-11,13H,3-9H2,1-2H3. The molecule has 0 bridgehead atoms. The Hall–Kier alpha value is -0.570. The quantitative estimate of drug-likeness (QED) is 0.711. The lowest BCUT2D eigenvalue weighted by Crippen LogP contribution is -2.33. The van der Waals surface area contributed by atoms with Crippen molar-refractivity contribution < 1.29 is 9.53 Å². The maximum absolute atomic E-state index is 11.4. The van der Waals surface area contributed by atoms with E-state index in [2.05, 4.69) is 12.2 Å². The number of rotatable bonds is 5. The second-order valence-electron chi connectivity index (χ2n) is 4.26.